The van der Waals surface area contributed by atoms with Crippen LogP contribution in [0.25, 0.3) is 10.9 Å². The van der Waals surface area contributed by atoms with Crippen LogP contribution in [0.4, 0.5) is 4.79 Å². The van der Waals surface area contributed by atoms with E-state index < -0.39 is 0 Å². The molecule has 22 heavy (non-hydrogen) atoms. The molecule has 6 heteroatoms. The Kier molecular flexibility index (Phi) is 2.85. The molecule has 6 nitrogen and oxygen atoms in total. The molecule has 0 aliphatic carbocycles. The van der Waals surface area contributed by atoms with Gasteiger partial charge in [0, 0.05) is 30.5 Å². The smallest absolute Gasteiger partial charge is 0.410 e. The van der Waals surface area contributed by atoms with Gasteiger partial charge in [-0.2, -0.15) is 0 Å². The first kappa shape index (κ1) is 13.2. The molecule has 114 valence electrons. The third-order valence-electron chi connectivity index (χ3n) is 4.58. The summed E-state index contributed by atoms with van der Waals surface area (Å²) >= 11 is 0. The second-order valence-electron chi connectivity index (χ2n) is 5.85. The molecule has 2 amide bonds. The number of aromatic nitrogens is 1. The fraction of sp³-hybridized carbons (Fsp3) is 0.375. The summed E-state index contributed by atoms with van der Waals surface area (Å²) in [5.41, 5.74) is 2.59. The number of cyclic esters (lactones) is 1. The van der Waals surface area contributed by atoms with Gasteiger partial charge in [-0.1, -0.05) is 18.2 Å². The molecule has 1 N–H and O–H groups in total. The van der Waals surface area contributed by atoms with Crippen LogP contribution in [0.3, 0.4) is 0 Å². The van der Waals surface area contributed by atoms with E-state index in [1.165, 1.54) is 0 Å². The molecule has 2 aromatic rings. The zero-order valence-electron chi connectivity index (χ0n) is 12.3. The van der Waals surface area contributed by atoms with Gasteiger partial charge in [0.1, 0.15) is 12.3 Å². The van der Waals surface area contributed by atoms with Crippen LogP contribution < -0.4 is 0 Å². The van der Waals surface area contributed by atoms with Gasteiger partial charge in [0.15, 0.2) is 0 Å². The topological polar surface area (TPSA) is 65.6 Å². The summed E-state index contributed by atoms with van der Waals surface area (Å²) in [6, 6.07) is 7.89. The summed E-state index contributed by atoms with van der Waals surface area (Å²) in [6.45, 7) is 3.94. The van der Waals surface area contributed by atoms with Crippen LogP contribution in [0.1, 0.15) is 16.1 Å². The van der Waals surface area contributed by atoms with Crippen LogP contribution >= 0.6 is 0 Å². The van der Waals surface area contributed by atoms with Crippen molar-refractivity contribution in [2.75, 3.05) is 26.2 Å². The lowest BCUT2D eigenvalue weighted by molar-refractivity contribution is 0.0611. The van der Waals surface area contributed by atoms with E-state index in [9.17, 15) is 9.59 Å². The molecule has 0 bridgehead atoms. The quantitative estimate of drug-likeness (QED) is 0.872. The first-order valence-electron chi connectivity index (χ1n) is 7.45. The van der Waals surface area contributed by atoms with Crippen LogP contribution in [-0.4, -0.2) is 59.1 Å². The van der Waals surface area contributed by atoms with Gasteiger partial charge in [-0.15, -0.1) is 0 Å². The molecule has 3 heterocycles. The van der Waals surface area contributed by atoms with Gasteiger partial charge < -0.3 is 14.6 Å². The van der Waals surface area contributed by atoms with E-state index in [1.54, 1.807) is 9.80 Å². The molecule has 4 rings (SSSR count). The summed E-state index contributed by atoms with van der Waals surface area (Å²) < 4.78 is 5.05. The van der Waals surface area contributed by atoms with Crippen molar-refractivity contribution in [2.24, 2.45) is 0 Å². The number of rotatable bonds is 1. The van der Waals surface area contributed by atoms with Crippen molar-refractivity contribution < 1.29 is 14.3 Å². The highest BCUT2D eigenvalue weighted by molar-refractivity contribution is 6.01. The van der Waals surface area contributed by atoms with E-state index in [0.717, 1.165) is 16.5 Å². The number of fused-ring (bicyclic) bond motifs is 2. The number of piperazine rings is 1. The number of H-pyrrole nitrogens is 1. The number of carbonyl (C=O) groups excluding carboxylic acids is 2. The van der Waals surface area contributed by atoms with E-state index in [0.29, 0.717) is 31.9 Å². The molecule has 2 aliphatic heterocycles. The molecule has 0 spiro atoms. The van der Waals surface area contributed by atoms with Gasteiger partial charge in [-0.05, 0) is 18.6 Å². The first-order chi connectivity index (χ1) is 10.6. The van der Waals surface area contributed by atoms with Gasteiger partial charge in [0.25, 0.3) is 5.91 Å². The molecule has 0 radical (unpaired) electrons. The highest BCUT2D eigenvalue weighted by Gasteiger charge is 2.39. The van der Waals surface area contributed by atoms with Gasteiger partial charge >= 0.3 is 6.09 Å². The number of para-hydroxylation sites is 1. The molecule has 1 atom stereocenters. The Bertz CT molecular complexity index is 767. The first-order valence-corrected chi connectivity index (χ1v) is 7.45. The van der Waals surface area contributed by atoms with Crippen LogP contribution in [0.15, 0.2) is 24.3 Å². The van der Waals surface area contributed by atoms with Crippen LogP contribution in [0.2, 0.25) is 0 Å². The predicted molar refractivity (Wildman–Crippen MR) is 80.8 cm³/mol. The second-order valence-corrected chi connectivity index (χ2v) is 5.85. The highest BCUT2D eigenvalue weighted by atomic mass is 16.6. The number of nitrogens with zero attached hydrogens (tertiary/aromatic N) is 2. The molecular weight excluding hydrogens is 282 g/mol. The molecule has 2 saturated heterocycles. The number of benzene rings is 1. The van der Waals surface area contributed by atoms with Crippen molar-refractivity contribution >= 4 is 22.9 Å². The van der Waals surface area contributed by atoms with Gasteiger partial charge in [-0.3, -0.25) is 9.69 Å². The third kappa shape index (κ3) is 1.87. The number of carbonyl (C=O) groups is 2. The fourth-order valence-corrected chi connectivity index (χ4v) is 3.33. The lowest BCUT2D eigenvalue weighted by Crippen LogP contribution is -2.53. The minimum absolute atomic E-state index is 0.00676. The van der Waals surface area contributed by atoms with E-state index in [2.05, 4.69) is 4.98 Å². The number of aryl methyl sites for hydroxylation is 1. The normalized spacial score (nSPS) is 21.1. The molecule has 1 aromatic carbocycles. The van der Waals surface area contributed by atoms with Gasteiger partial charge in [0.05, 0.1) is 6.04 Å². The summed E-state index contributed by atoms with van der Waals surface area (Å²) in [4.78, 5) is 31.1. The largest absolute Gasteiger partial charge is 0.447 e. The number of amides is 2. The maximum Gasteiger partial charge on any atom is 0.410 e. The lowest BCUT2D eigenvalue weighted by atomic mass is 10.1. The van der Waals surface area contributed by atoms with Crippen molar-refractivity contribution in [3.8, 4) is 0 Å². The molecule has 2 aliphatic rings. The maximum atomic E-state index is 12.8. The van der Waals surface area contributed by atoms with E-state index >= 15 is 0 Å². The summed E-state index contributed by atoms with van der Waals surface area (Å²) in [5, 5.41) is 1.07. The average molecular weight is 299 g/mol. The van der Waals surface area contributed by atoms with Crippen molar-refractivity contribution in [2.45, 2.75) is 13.0 Å². The number of hydrogen-bond acceptors (Lipinski definition) is 3. The van der Waals surface area contributed by atoms with Crippen molar-refractivity contribution in [1.29, 1.82) is 0 Å². The summed E-state index contributed by atoms with van der Waals surface area (Å²) in [6.07, 6.45) is -0.265. The molecule has 0 saturated carbocycles. The molecule has 0 unspecified atom stereocenters. The maximum absolute atomic E-state index is 12.8. The Hall–Kier alpha value is -2.50. The number of ether oxygens (including phenoxy) is 1. The van der Waals surface area contributed by atoms with E-state index in [4.69, 9.17) is 4.74 Å². The second kappa shape index (κ2) is 4.76. The molecular formula is C16H17N3O3. The number of nitrogens with one attached hydrogen (secondary N) is 1. The Balaban J connectivity index is 1.61. The third-order valence-corrected chi connectivity index (χ3v) is 4.58. The standard InChI is InChI=1S/C16H17N3O3/c1-10-12-4-2-3-5-13(12)17-14(10)15(20)18-6-7-19-11(8-18)9-22-16(19)21/h2-5,11,17H,6-9H2,1H3/t11-/m0/s1. The Labute approximate surface area is 127 Å². The Morgan fingerprint density at radius 1 is 1.32 bits per heavy atom. The Morgan fingerprint density at radius 3 is 2.95 bits per heavy atom. The van der Waals surface area contributed by atoms with E-state index in [1.807, 2.05) is 31.2 Å². The minimum atomic E-state index is -0.265. The van der Waals surface area contributed by atoms with Crippen LogP contribution in [0.5, 0.6) is 0 Å². The zero-order chi connectivity index (χ0) is 15.3. The fourth-order valence-electron chi connectivity index (χ4n) is 3.33. The van der Waals surface area contributed by atoms with Crippen LogP contribution in [-0.2, 0) is 4.74 Å². The van der Waals surface area contributed by atoms with Crippen molar-refractivity contribution in [3.05, 3.63) is 35.5 Å². The number of hydrogen-bond donors (Lipinski definition) is 1. The average Bonchev–Trinajstić information content (AvgIpc) is 3.08. The SMILES string of the molecule is Cc1c(C(=O)N2CCN3C(=O)OC[C@@H]3C2)[nH]c2ccccc12. The highest BCUT2D eigenvalue weighted by Crippen LogP contribution is 2.24. The minimum Gasteiger partial charge on any atom is -0.447 e. The van der Waals surface area contributed by atoms with Gasteiger partial charge in [-0.25, -0.2) is 4.79 Å². The van der Waals surface area contributed by atoms with E-state index in [-0.39, 0.29) is 18.0 Å². The predicted octanol–water partition coefficient (Wildman–Crippen LogP) is 1.75. The summed E-state index contributed by atoms with van der Waals surface area (Å²) in [5.74, 6) is -0.00676. The van der Waals surface area contributed by atoms with Crippen LogP contribution in [0, 0.1) is 6.92 Å². The Morgan fingerprint density at radius 2 is 2.14 bits per heavy atom. The number of aromatic amines is 1. The molecule has 1 aromatic heterocycles. The monoisotopic (exact) mass is 299 g/mol. The lowest BCUT2D eigenvalue weighted by Gasteiger charge is -2.35. The zero-order valence-corrected chi connectivity index (χ0v) is 12.3. The summed E-state index contributed by atoms with van der Waals surface area (Å²) in [7, 11) is 0. The van der Waals surface area contributed by atoms with Gasteiger partial charge in [0.2, 0.25) is 0 Å². The van der Waals surface area contributed by atoms with Crippen molar-refractivity contribution in [1.82, 2.24) is 14.8 Å². The van der Waals surface area contributed by atoms with Crippen molar-refractivity contribution in [3.63, 3.8) is 0 Å². The molecule has 2 fully saturated rings.